The Morgan fingerprint density at radius 2 is 1.80 bits per heavy atom. The average molecular weight is 631 g/mol. The Hall–Kier alpha value is -5.01. The second-order valence-corrected chi connectivity index (χ2v) is 9.91. The molecule has 1 aliphatic rings. The first-order valence-corrected chi connectivity index (χ1v) is 15.4. The van der Waals surface area contributed by atoms with Gasteiger partial charge in [-0.15, -0.1) is 0 Å². The van der Waals surface area contributed by atoms with Gasteiger partial charge in [0.05, 0.1) is 24.9 Å². The number of anilines is 2. The number of pyridine rings is 1. The summed E-state index contributed by atoms with van der Waals surface area (Å²) < 4.78 is 23.6. The number of rotatable bonds is 11. The van der Waals surface area contributed by atoms with Crippen LogP contribution in [0.1, 0.15) is 26.3 Å². The molecular formula is C33H42N8O5. The zero-order valence-electron chi connectivity index (χ0n) is 27.0. The smallest absolute Gasteiger partial charge is 0.221 e. The highest BCUT2D eigenvalue weighted by molar-refractivity contribution is 5.82. The highest BCUT2D eigenvalue weighted by Crippen LogP contribution is 2.30. The first kappa shape index (κ1) is 33.9. The number of amides is 1. The number of benzene rings is 2. The van der Waals surface area contributed by atoms with E-state index in [2.05, 4.69) is 54.9 Å². The Bertz CT molecular complexity index is 1650. The Morgan fingerprint density at radius 1 is 1.02 bits per heavy atom. The zero-order valence-corrected chi connectivity index (χ0v) is 27.0. The van der Waals surface area contributed by atoms with Gasteiger partial charge in [0.1, 0.15) is 23.6 Å². The summed E-state index contributed by atoms with van der Waals surface area (Å²) in [6.07, 6.45) is 2.25. The van der Waals surface area contributed by atoms with Crippen molar-refractivity contribution in [1.82, 2.24) is 29.7 Å². The fourth-order valence-corrected chi connectivity index (χ4v) is 4.66. The fraction of sp³-hybridized carbons (Fsp3) is 0.364. The predicted molar refractivity (Wildman–Crippen MR) is 178 cm³/mol. The maximum atomic E-state index is 10.6. The van der Waals surface area contributed by atoms with Crippen LogP contribution in [0.3, 0.4) is 0 Å². The summed E-state index contributed by atoms with van der Waals surface area (Å²) in [6.45, 7) is 14.2. The first-order valence-electron chi connectivity index (χ1n) is 15.4. The third-order valence-electron chi connectivity index (χ3n) is 6.95. The molecule has 5 aromatic rings. The topological polar surface area (TPSA) is 142 Å². The molecule has 3 aromatic heterocycles. The lowest BCUT2D eigenvalue weighted by atomic mass is 10.2. The van der Waals surface area contributed by atoms with Gasteiger partial charge in [0.15, 0.2) is 11.5 Å². The normalized spacial score (nSPS) is 12.7. The second kappa shape index (κ2) is 17.5. The number of carbonyl (C=O) groups excluding carboxylic acids is 1. The molecule has 13 heteroatoms. The van der Waals surface area contributed by atoms with E-state index in [9.17, 15) is 4.79 Å². The summed E-state index contributed by atoms with van der Waals surface area (Å²) in [5.41, 5.74) is 3.96. The Kier molecular flexibility index (Phi) is 12.9. The van der Waals surface area contributed by atoms with Gasteiger partial charge in [-0.2, -0.15) is 0 Å². The number of hydrogen-bond acceptors (Lipinski definition) is 11. The first-order chi connectivity index (χ1) is 22.6. The summed E-state index contributed by atoms with van der Waals surface area (Å²) in [7, 11) is 1.74. The summed E-state index contributed by atoms with van der Waals surface area (Å²) in [4.78, 5) is 21.9. The summed E-state index contributed by atoms with van der Waals surface area (Å²) >= 11 is 0. The molecule has 1 fully saturated rings. The van der Waals surface area contributed by atoms with E-state index in [0.717, 1.165) is 50.7 Å². The SMILES string of the molecule is CC.CCn1c(-c2nonc2NC)nc2cnc(Oc3cccc(NC=O)c3)cc21.Cc1ccc(OCCN2CCOCC2)cc1. The number of carbonyl (C=O) groups is 1. The molecule has 0 atom stereocenters. The molecule has 244 valence electrons. The van der Waals surface area contributed by atoms with Gasteiger partial charge < -0.3 is 29.4 Å². The van der Waals surface area contributed by atoms with E-state index in [4.69, 9.17) is 18.8 Å². The molecule has 1 amide bonds. The van der Waals surface area contributed by atoms with Crippen LogP contribution in [0.25, 0.3) is 22.6 Å². The van der Waals surface area contributed by atoms with Crippen molar-refractivity contribution in [3.05, 3.63) is 66.4 Å². The number of hydrogen-bond donors (Lipinski definition) is 2. The molecule has 0 aliphatic carbocycles. The maximum Gasteiger partial charge on any atom is 0.221 e. The van der Waals surface area contributed by atoms with Crippen LogP contribution in [0, 0.1) is 6.92 Å². The number of nitrogens with zero attached hydrogens (tertiary/aromatic N) is 6. The Morgan fingerprint density at radius 3 is 2.52 bits per heavy atom. The van der Waals surface area contributed by atoms with E-state index in [-0.39, 0.29) is 0 Å². The molecule has 1 saturated heterocycles. The monoisotopic (exact) mass is 630 g/mol. The van der Waals surface area contributed by atoms with E-state index in [1.54, 1.807) is 37.5 Å². The van der Waals surface area contributed by atoms with Crippen molar-refractivity contribution in [2.45, 2.75) is 34.2 Å². The quantitative estimate of drug-likeness (QED) is 0.175. The molecule has 2 aromatic carbocycles. The van der Waals surface area contributed by atoms with Gasteiger partial charge in [0.2, 0.25) is 18.1 Å². The molecule has 0 unspecified atom stereocenters. The molecule has 0 bridgehead atoms. The number of fused-ring (bicyclic) bond motifs is 1. The van der Waals surface area contributed by atoms with E-state index in [1.807, 2.05) is 43.5 Å². The molecule has 6 rings (SSSR count). The van der Waals surface area contributed by atoms with Crippen molar-refractivity contribution in [2.24, 2.45) is 0 Å². The molecule has 0 saturated carbocycles. The molecule has 1 aliphatic heterocycles. The van der Waals surface area contributed by atoms with Crippen molar-refractivity contribution in [2.75, 3.05) is 57.1 Å². The Labute approximate surface area is 268 Å². The van der Waals surface area contributed by atoms with E-state index in [1.165, 1.54) is 5.56 Å². The average Bonchev–Trinajstić information content (AvgIpc) is 3.72. The standard InChI is InChI=1S/C18H17N7O3.C13H19NO2.C2H6/c1-3-25-14-8-15(27-12-6-4-5-11(7-12)21-10-26)20-9-13(14)22-18(25)16-17(19-2)24-28-23-16;1-12-2-4-13(5-3-12)16-11-8-14-6-9-15-10-7-14;1-2/h4-10H,3H2,1-2H3,(H,19,24)(H,21,26);2-5H,6-11H2,1H3;1-2H3. The summed E-state index contributed by atoms with van der Waals surface area (Å²) in [5.74, 6) is 3.05. The van der Waals surface area contributed by atoms with E-state index >= 15 is 0 Å². The lowest BCUT2D eigenvalue weighted by molar-refractivity contribution is -0.105. The maximum absolute atomic E-state index is 10.6. The number of imidazole rings is 1. The van der Waals surface area contributed by atoms with Crippen LogP contribution in [-0.4, -0.2) is 82.7 Å². The van der Waals surface area contributed by atoms with E-state index < -0.39 is 0 Å². The van der Waals surface area contributed by atoms with Gasteiger partial charge in [-0.1, -0.05) is 37.6 Å². The van der Waals surface area contributed by atoms with Crippen LogP contribution in [-0.2, 0) is 16.1 Å². The largest absolute Gasteiger partial charge is 0.492 e. The van der Waals surface area contributed by atoms with Crippen LogP contribution in [0.5, 0.6) is 17.4 Å². The van der Waals surface area contributed by atoms with Crippen molar-refractivity contribution < 1.29 is 23.6 Å². The van der Waals surface area contributed by atoms with Crippen LogP contribution >= 0.6 is 0 Å². The van der Waals surface area contributed by atoms with Crippen LogP contribution in [0.2, 0.25) is 0 Å². The van der Waals surface area contributed by atoms with Crippen LogP contribution in [0.4, 0.5) is 11.5 Å². The third kappa shape index (κ3) is 9.02. The minimum Gasteiger partial charge on any atom is -0.492 e. The minimum atomic E-state index is 0.407. The van der Waals surface area contributed by atoms with Gasteiger partial charge in [0.25, 0.3) is 0 Å². The lowest BCUT2D eigenvalue weighted by Gasteiger charge is -2.26. The molecule has 2 N–H and O–H groups in total. The molecule has 13 nitrogen and oxygen atoms in total. The molecule has 4 heterocycles. The fourth-order valence-electron chi connectivity index (χ4n) is 4.66. The highest BCUT2D eigenvalue weighted by atomic mass is 16.6. The number of aryl methyl sites for hydroxylation is 2. The van der Waals surface area contributed by atoms with Gasteiger partial charge >= 0.3 is 0 Å². The van der Waals surface area contributed by atoms with Gasteiger partial charge in [-0.25, -0.2) is 14.6 Å². The predicted octanol–water partition coefficient (Wildman–Crippen LogP) is 5.64. The lowest BCUT2D eigenvalue weighted by Crippen LogP contribution is -2.38. The summed E-state index contributed by atoms with van der Waals surface area (Å²) in [6, 6.07) is 17.0. The van der Waals surface area contributed by atoms with E-state index in [0.29, 0.717) is 53.1 Å². The number of aromatic nitrogens is 5. The Balaban J connectivity index is 0.000000227. The molecule has 0 radical (unpaired) electrons. The van der Waals surface area contributed by atoms with Crippen molar-refractivity contribution in [3.63, 3.8) is 0 Å². The third-order valence-corrected chi connectivity index (χ3v) is 6.95. The van der Waals surface area contributed by atoms with Crippen molar-refractivity contribution in [3.8, 4) is 28.9 Å². The van der Waals surface area contributed by atoms with Gasteiger partial charge in [-0.05, 0) is 48.4 Å². The molecule has 0 spiro atoms. The van der Waals surface area contributed by atoms with Crippen LogP contribution in [0.15, 0.2) is 65.4 Å². The number of morpholine rings is 1. The van der Waals surface area contributed by atoms with Crippen molar-refractivity contribution >= 4 is 28.9 Å². The van der Waals surface area contributed by atoms with Gasteiger partial charge in [-0.3, -0.25) is 9.69 Å². The summed E-state index contributed by atoms with van der Waals surface area (Å²) in [5, 5.41) is 13.3. The molecular weight excluding hydrogens is 588 g/mol. The highest BCUT2D eigenvalue weighted by Gasteiger charge is 2.20. The zero-order chi connectivity index (χ0) is 32.7. The number of ether oxygens (including phenoxy) is 3. The minimum absolute atomic E-state index is 0.407. The molecule has 46 heavy (non-hydrogen) atoms. The second-order valence-electron chi connectivity index (χ2n) is 9.91. The number of nitrogens with one attached hydrogen (secondary N) is 2. The van der Waals surface area contributed by atoms with Gasteiger partial charge in [0, 0.05) is 51.0 Å². The van der Waals surface area contributed by atoms with Crippen molar-refractivity contribution in [1.29, 1.82) is 0 Å². The van der Waals surface area contributed by atoms with Crippen LogP contribution < -0.4 is 20.1 Å².